The highest BCUT2D eigenvalue weighted by atomic mass is 19.1. The monoisotopic (exact) mass is 208 g/mol. The van der Waals surface area contributed by atoms with Gasteiger partial charge in [-0.1, -0.05) is 12.1 Å². The molecule has 2 N–H and O–H groups in total. The zero-order valence-electron chi connectivity index (χ0n) is 8.29. The molecule has 0 unspecified atom stereocenters. The number of rotatable bonds is 2. The Kier molecular flexibility index (Phi) is 2.85. The van der Waals surface area contributed by atoms with Crippen LogP contribution in [0.3, 0.4) is 0 Å². The van der Waals surface area contributed by atoms with Gasteiger partial charge in [0.1, 0.15) is 5.82 Å². The lowest BCUT2D eigenvalue weighted by Crippen LogP contribution is -2.41. The van der Waals surface area contributed by atoms with E-state index in [2.05, 4.69) is 10.6 Å². The molecule has 2 rings (SSSR count). The van der Waals surface area contributed by atoms with Crippen molar-refractivity contribution in [2.75, 3.05) is 5.32 Å². The van der Waals surface area contributed by atoms with Crippen LogP contribution >= 0.6 is 0 Å². The van der Waals surface area contributed by atoms with Crippen molar-refractivity contribution < 1.29 is 9.18 Å². The Balaban J connectivity index is 1.90. The normalized spacial score (nSPS) is 15.5. The van der Waals surface area contributed by atoms with Gasteiger partial charge in [0.2, 0.25) is 0 Å². The van der Waals surface area contributed by atoms with E-state index in [1.165, 1.54) is 12.1 Å². The molecule has 1 aromatic rings. The highest BCUT2D eigenvalue weighted by Crippen LogP contribution is 2.18. The van der Waals surface area contributed by atoms with E-state index in [4.69, 9.17) is 0 Å². The third-order valence-corrected chi connectivity index (χ3v) is 2.56. The maximum Gasteiger partial charge on any atom is 0.319 e. The van der Waals surface area contributed by atoms with Crippen LogP contribution in [0.1, 0.15) is 19.3 Å². The number of nitrogens with one attached hydrogen (secondary N) is 2. The fourth-order valence-corrected chi connectivity index (χ4v) is 1.46. The Morgan fingerprint density at radius 1 is 1.33 bits per heavy atom. The summed E-state index contributed by atoms with van der Waals surface area (Å²) in [5.41, 5.74) is 0.217. The summed E-state index contributed by atoms with van der Waals surface area (Å²) in [6, 6.07) is 6.06. The Labute approximate surface area is 87.7 Å². The number of urea groups is 1. The topological polar surface area (TPSA) is 41.1 Å². The predicted molar refractivity (Wildman–Crippen MR) is 56.2 cm³/mol. The summed E-state index contributed by atoms with van der Waals surface area (Å²) in [5.74, 6) is -0.416. The SMILES string of the molecule is O=C(Nc1ccccc1F)NC1CCC1. The van der Waals surface area contributed by atoms with Crippen LogP contribution < -0.4 is 10.6 Å². The number of anilines is 1. The van der Waals surface area contributed by atoms with E-state index in [0.29, 0.717) is 0 Å². The number of halogens is 1. The second-order valence-corrected chi connectivity index (χ2v) is 3.71. The third-order valence-electron chi connectivity index (χ3n) is 2.56. The molecule has 0 aromatic heterocycles. The predicted octanol–water partition coefficient (Wildman–Crippen LogP) is 2.50. The van der Waals surface area contributed by atoms with E-state index in [1.807, 2.05) is 0 Å². The van der Waals surface area contributed by atoms with Crippen molar-refractivity contribution in [3.8, 4) is 0 Å². The number of hydrogen-bond donors (Lipinski definition) is 2. The lowest BCUT2D eigenvalue weighted by atomic mass is 9.93. The zero-order chi connectivity index (χ0) is 10.7. The molecule has 1 aliphatic rings. The van der Waals surface area contributed by atoms with Gasteiger partial charge < -0.3 is 10.6 Å². The summed E-state index contributed by atoms with van der Waals surface area (Å²) in [6.45, 7) is 0. The minimum Gasteiger partial charge on any atom is -0.335 e. The summed E-state index contributed by atoms with van der Waals surface area (Å²) in [7, 11) is 0. The van der Waals surface area contributed by atoms with Crippen molar-refractivity contribution in [2.24, 2.45) is 0 Å². The standard InChI is InChI=1S/C11H13FN2O/c12-9-6-1-2-7-10(9)14-11(15)13-8-4-3-5-8/h1-2,6-8H,3-5H2,(H2,13,14,15). The Morgan fingerprint density at radius 2 is 2.07 bits per heavy atom. The Hall–Kier alpha value is -1.58. The van der Waals surface area contributed by atoms with Crippen molar-refractivity contribution in [1.29, 1.82) is 0 Å². The molecule has 0 bridgehead atoms. The smallest absolute Gasteiger partial charge is 0.319 e. The largest absolute Gasteiger partial charge is 0.335 e. The average molecular weight is 208 g/mol. The highest BCUT2D eigenvalue weighted by Gasteiger charge is 2.19. The summed E-state index contributed by atoms with van der Waals surface area (Å²) >= 11 is 0. The molecular formula is C11H13FN2O. The number of carbonyl (C=O) groups is 1. The van der Waals surface area contributed by atoms with Crippen molar-refractivity contribution >= 4 is 11.7 Å². The molecule has 0 spiro atoms. The molecule has 0 saturated heterocycles. The number of para-hydroxylation sites is 1. The molecule has 1 saturated carbocycles. The number of benzene rings is 1. The molecule has 4 heteroatoms. The van der Waals surface area contributed by atoms with Crippen LogP contribution in [0, 0.1) is 5.82 Å². The van der Waals surface area contributed by atoms with E-state index in [9.17, 15) is 9.18 Å². The molecule has 1 aliphatic carbocycles. The van der Waals surface area contributed by atoms with Gasteiger partial charge >= 0.3 is 6.03 Å². The molecule has 1 fully saturated rings. The quantitative estimate of drug-likeness (QED) is 0.770. The Bertz CT molecular complexity index is 363. The summed E-state index contributed by atoms with van der Waals surface area (Å²) in [4.78, 5) is 11.4. The van der Waals surface area contributed by atoms with Crippen LogP contribution in [0.5, 0.6) is 0 Å². The first-order valence-corrected chi connectivity index (χ1v) is 5.08. The molecule has 15 heavy (non-hydrogen) atoms. The first-order chi connectivity index (χ1) is 7.25. The third kappa shape index (κ3) is 2.46. The molecular weight excluding hydrogens is 195 g/mol. The van der Waals surface area contributed by atoms with Gasteiger partial charge in [-0.25, -0.2) is 9.18 Å². The van der Waals surface area contributed by atoms with Gasteiger partial charge in [0.25, 0.3) is 0 Å². The molecule has 3 nitrogen and oxygen atoms in total. The van der Waals surface area contributed by atoms with Crippen molar-refractivity contribution in [2.45, 2.75) is 25.3 Å². The fraction of sp³-hybridized carbons (Fsp3) is 0.364. The van der Waals surface area contributed by atoms with E-state index in [1.54, 1.807) is 12.1 Å². The van der Waals surface area contributed by atoms with Gasteiger partial charge in [-0.3, -0.25) is 0 Å². The first-order valence-electron chi connectivity index (χ1n) is 5.08. The van der Waals surface area contributed by atoms with Gasteiger partial charge in [-0.05, 0) is 31.4 Å². The second kappa shape index (κ2) is 4.29. The molecule has 2 amide bonds. The molecule has 80 valence electrons. The summed E-state index contributed by atoms with van der Waals surface area (Å²) < 4.78 is 13.1. The van der Waals surface area contributed by atoms with E-state index < -0.39 is 5.82 Å². The molecule has 0 aliphatic heterocycles. The van der Waals surface area contributed by atoms with Crippen LogP contribution in [-0.2, 0) is 0 Å². The minimum absolute atomic E-state index is 0.217. The Morgan fingerprint density at radius 3 is 2.67 bits per heavy atom. The lowest BCUT2D eigenvalue weighted by Gasteiger charge is -2.26. The first kappa shape index (κ1) is 9.96. The lowest BCUT2D eigenvalue weighted by molar-refractivity contribution is 0.240. The van der Waals surface area contributed by atoms with Crippen LogP contribution in [0.25, 0.3) is 0 Å². The van der Waals surface area contributed by atoms with E-state index >= 15 is 0 Å². The van der Waals surface area contributed by atoms with Gasteiger partial charge in [-0.2, -0.15) is 0 Å². The average Bonchev–Trinajstić information content (AvgIpc) is 2.16. The van der Waals surface area contributed by atoms with Crippen molar-refractivity contribution in [3.05, 3.63) is 30.1 Å². The van der Waals surface area contributed by atoms with E-state index in [0.717, 1.165) is 19.3 Å². The fourth-order valence-electron chi connectivity index (χ4n) is 1.46. The van der Waals surface area contributed by atoms with E-state index in [-0.39, 0.29) is 17.8 Å². The molecule has 0 radical (unpaired) electrons. The summed E-state index contributed by atoms with van der Waals surface area (Å²) in [5, 5.41) is 5.26. The maximum absolute atomic E-state index is 13.1. The minimum atomic E-state index is -0.416. The number of hydrogen-bond acceptors (Lipinski definition) is 1. The number of amides is 2. The maximum atomic E-state index is 13.1. The van der Waals surface area contributed by atoms with Crippen molar-refractivity contribution in [1.82, 2.24) is 5.32 Å². The van der Waals surface area contributed by atoms with Crippen LogP contribution in [0.15, 0.2) is 24.3 Å². The van der Waals surface area contributed by atoms with Gasteiger partial charge in [0, 0.05) is 6.04 Å². The molecule has 0 atom stereocenters. The molecule has 0 heterocycles. The van der Waals surface area contributed by atoms with Crippen LogP contribution in [0.2, 0.25) is 0 Å². The van der Waals surface area contributed by atoms with Crippen LogP contribution in [-0.4, -0.2) is 12.1 Å². The second-order valence-electron chi connectivity index (χ2n) is 3.71. The molecule has 1 aromatic carbocycles. The highest BCUT2D eigenvalue weighted by molar-refractivity contribution is 5.89. The van der Waals surface area contributed by atoms with Gasteiger partial charge in [0.05, 0.1) is 5.69 Å². The van der Waals surface area contributed by atoms with Gasteiger partial charge in [-0.15, -0.1) is 0 Å². The van der Waals surface area contributed by atoms with Gasteiger partial charge in [0.15, 0.2) is 0 Å². The van der Waals surface area contributed by atoms with Crippen molar-refractivity contribution in [3.63, 3.8) is 0 Å². The summed E-state index contributed by atoms with van der Waals surface area (Å²) in [6.07, 6.45) is 3.19. The van der Waals surface area contributed by atoms with Crippen LogP contribution in [0.4, 0.5) is 14.9 Å². The zero-order valence-corrected chi connectivity index (χ0v) is 8.29. The number of carbonyl (C=O) groups excluding carboxylic acids is 1.